The van der Waals surface area contributed by atoms with Crippen LogP contribution in [0.25, 0.3) is 0 Å². The van der Waals surface area contributed by atoms with Gasteiger partial charge in [0.25, 0.3) is 0 Å². The van der Waals surface area contributed by atoms with Crippen molar-refractivity contribution in [3.63, 3.8) is 0 Å². The van der Waals surface area contributed by atoms with Crippen molar-refractivity contribution in [1.29, 1.82) is 0 Å². The lowest BCUT2D eigenvalue weighted by molar-refractivity contribution is -0.130. The summed E-state index contributed by atoms with van der Waals surface area (Å²) in [4.78, 5) is 13.9. The standard InChI is InChI=1S/C22H40N4O3S/c1-15(27)26-11-9-16-12-18(6-7-21(16)26)25-22-14-19(8-10-23-22)24-17-4-3-5-20(13-17)30(2,28)29/h16-25H,3-14H2,1-2H3. The molecule has 0 aromatic carbocycles. The highest BCUT2D eigenvalue weighted by Gasteiger charge is 2.40. The van der Waals surface area contributed by atoms with Crippen LogP contribution >= 0.6 is 0 Å². The molecule has 0 radical (unpaired) electrons. The van der Waals surface area contributed by atoms with Gasteiger partial charge in [0.1, 0.15) is 9.84 Å². The Morgan fingerprint density at radius 3 is 2.47 bits per heavy atom. The summed E-state index contributed by atoms with van der Waals surface area (Å²) in [6.45, 7) is 3.63. The summed E-state index contributed by atoms with van der Waals surface area (Å²) in [5.41, 5.74) is 0. The van der Waals surface area contributed by atoms with E-state index in [1.165, 1.54) is 12.7 Å². The number of nitrogens with one attached hydrogen (secondary N) is 3. The van der Waals surface area contributed by atoms with Gasteiger partial charge in [-0.1, -0.05) is 6.42 Å². The number of carbonyl (C=O) groups excluding carboxylic acids is 1. The number of fused-ring (bicyclic) bond motifs is 1. The van der Waals surface area contributed by atoms with E-state index in [4.69, 9.17) is 0 Å². The molecule has 2 saturated carbocycles. The van der Waals surface area contributed by atoms with Gasteiger partial charge in [-0.2, -0.15) is 0 Å². The number of hydrogen-bond donors (Lipinski definition) is 3. The number of likely N-dealkylation sites (tertiary alicyclic amines) is 1. The van der Waals surface area contributed by atoms with Crippen LogP contribution in [0.2, 0.25) is 0 Å². The lowest BCUT2D eigenvalue weighted by Crippen LogP contribution is -2.57. The lowest BCUT2D eigenvalue weighted by atomic mass is 9.81. The maximum absolute atomic E-state index is 12.0. The summed E-state index contributed by atoms with van der Waals surface area (Å²) in [5.74, 6) is 0.880. The van der Waals surface area contributed by atoms with Gasteiger partial charge in [0.15, 0.2) is 0 Å². The molecule has 7 nitrogen and oxygen atoms in total. The van der Waals surface area contributed by atoms with E-state index in [0.717, 1.165) is 70.9 Å². The Bertz CT molecular complexity index is 715. The molecule has 7 unspecified atom stereocenters. The Morgan fingerprint density at radius 2 is 1.70 bits per heavy atom. The quantitative estimate of drug-likeness (QED) is 0.599. The van der Waals surface area contributed by atoms with Crippen molar-refractivity contribution in [3.8, 4) is 0 Å². The number of carbonyl (C=O) groups is 1. The highest BCUT2D eigenvalue weighted by Crippen LogP contribution is 2.36. The lowest BCUT2D eigenvalue weighted by Gasteiger charge is -2.40. The van der Waals surface area contributed by atoms with Gasteiger partial charge in [0, 0.05) is 43.9 Å². The Balaban J connectivity index is 1.24. The van der Waals surface area contributed by atoms with Gasteiger partial charge >= 0.3 is 0 Å². The normalized spacial score (nSPS) is 40.2. The molecule has 0 aromatic heterocycles. The maximum Gasteiger partial charge on any atom is 0.219 e. The molecule has 4 aliphatic rings. The Labute approximate surface area is 182 Å². The van der Waals surface area contributed by atoms with Gasteiger partial charge in [0.2, 0.25) is 5.91 Å². The van der Waals surface area contributed by atoms with Crippen LogP contribution in [0.5, 0.6) is 0 Å². The molecule has 3 N–H and O–H groups in total. The van der Waals surface area contributed by atoms with E-state index in [0.29, 0.717) is 36.3 Å². The highest BCUT2D eigenvalue weighted by molar-refractivity contribution is 7.91. The molecule has 8 heteroatoms. The third-order valence-electron chi connectivity index (χ3n) is 8.03. The number of sulfone groups is 1. The topological polar surface area (TPSA) is 90.5 Å². The fourth-order valence-electron chi connectivity index (χ4n) is 6.48. The van der Waals surface area contributed by atoms with Gasteiger partial charge in [0.05, 0.1) is 11.4 Å². The minimum atomic E-state index is -2.94. The van der Waals surface area contributed by atoms with E-state index in [2.05, 4.69) is 20.9 Å². The summed E-state index contributed by atoms with van der Waals surface area (Å²) in [5, 5.41) is 11.1. The zero-order chi connectivity index (χ0) is 21.3. The first-order valence-corrected chi connectivity index (χ1v) is 14.0. The third-order valence-corrected chi connectivity index (χ3v) is 9.67. The monoisotopic (exact) mass is 440 g/mol. The molecular formula is C22H40N4O3S. The van der Waals surface area contributed by atoms with Crippen LogP contribution in [0.1, 0.15) is 71.1 Å². The molecule has 1 amide bonds. The van der Waals surface area contributed by atoms with Gasteiger partial charge in [-0.15, -0.1) is 0 Å². The van der Waals surface area contributed by atoms with E-state index in [1.54, 1.807) is 6.92 Å². The third kappa shape index (κ3) is 5.37. The van der Waals surface area contributed by atoms with Crippen LogP contribution in [-0.4, -0.2) is 74.2 Å². The molecule has 2 aliphatic heterocycles. The maximum atomic E-state index is 12.0. The van der Waals surface area contributed by atoms with E-state index in [-0.39, 0.29) is 11.2 Å². The molecule has 172 valence electrons. The molecule has 0 bridgehead atoms. The Hall–Kier alpha value is -0.700. The molecule has 30 heavy (non-hydrogen) atoms. The highest BCUT2D eigenvalue weighted by atomic mass is 32.2. The van der Waals surface area contributed by atoms with E-state index >= 15 is 0 Å². The van der Waals surface area contributed by atoms with E-state index in [9.17, 15) is 13.2 Å². The first-order chi connectivity index (χ1) is 14.3. The van der Waals surface area contributed by atoms with Crippen molar-refractivity contribution in [3.05, 3.63) is 0 Å². The molecule has 2 saturated heterocycles. The van der Waals surface area contributed by atoms with Crippen LogP contribution < -0.4 is 16.0 Å². The number of nitrogens with zero attached hydrogens (tertiary/aromatic N) is 1. The van der Waals surface area contributed by atoms with Crippen LogP contribution in [0.3, 0.4) is 0 Å². The first-order valence-electron chi connectivity index (χ1n) is 12.0. The van der Waals surface area contributed by atoms with Gasteiger partial charge in [-0.25, -0.2) is 8.42 Å². The minimum Gasteiger partial charge on any atom is -0.340 e. The fourth-order valence-corrected chi connectivity index (χ4v) is 7.66. The minimum absolute atomic E-state index is 0.171. The smallest absolute Gasteiger partial charge is 0.219 e. The van der Waals surface area contributed by atoms with Gasteiger partial charge in [-0.05, 0) is 70.3 Å². The second kappa shape index (κ2) is 9.43. The predicted octanol–water partition coefficient (Wildman–Crippen LogP) is 1.39. The van der Waals surface area contributed by atoms with Crippen molar-refractivity contribution in [2.45, 2.75) is 107 Å². The first kappa shape index (κ1) is 22.5. The van der Waals surface area contributed by atoms with Crippen LogP contribution in [-0.2, 0) is 14.6 Å². The Kier molecular flexibility index (Phi) is 7.07. The second-order valence-electron chi connectivity index (χ2n) is 10.2. The molecule has 4 rings (SSSR count). The van der Waals surface area contributed by atoms with Crippen LogP contribution in [0.15, 0.2) is 0 Å². The summed E-state index contributed by atoms with van der Waals surface area (Å²) in [6.07, 6.45) is 12.1. The zero-order valence-electron chi connectivity index (χ0n) is 18.6. The largest absolute Gasteiger partial charge is 0.340 e. The van der Waals surface area contributed by atoms with Crippen LogP contribution in [0.4, 0.5) is 0 Å². The zero-order valence-corrected chi connectivity index (χ0v) is 19.4. The van der Waals surface area contributed by atoms with E-state index in [1.807, 2.05) is 0 Å². The molecule has 4 fully saturated rings. The van der Waals surface area contributed by atoms with E-state index < -0.39 is 9.84 Å². The van der Waals surface area contributed by atoms with Crippen molar-refractivity contribution in [1.82, 2.24) is 20.9 Å². The molecular weight excluding hydrogens is 400 g/mol. The van der Waals surface area contributed by atoms with Crippen molar-refractivity contribution >= 4 is 15.7 Å². The second-order valence-corrected chi connectivity index (χ2v) is 12.5. The van der Waals surface area contributed by atoms with Crippen molar-refractivity contribution < 1.29 is 13.2 Å². The van der Waals surface area contributed by atoms with Crippen molar-refractivity contribution in [2.24, 2.45) is 5.92 Å². The molecule has 2 heterocycles. The van der Waals surface area contributed by atoms with Gasteiger partial charge < -0.3 is 15.5 Å². The molecule has 0 aromatic rings. The molecule has 7 atom stereocenters. The van der Waals surface area contributed by atoms with Crippen molar-refractivity contribution in [2.75, 3.05) is 19.3 Å². The number of piperidine rings is 1. The molecule has 2 aliphatic carbocycles. The summed E-state index contributed by atoms with van der Waals surface area (Å²) < 4.78 is 23.9. The summed E-state index contributed by atoms with van der Waals surface area (Å²) >= 11 is 0. The average molecular weight is 441 g/mol. The Morgan fingerprint density at radius 1 is 0.933 bits per heavy atom. The number of rotatable bonds is 5. The van der Waals surface area contributed by atoms with Crippen LogP contribution in [0, 0.1) is 5.92 Å². The summed E-state index contributed by atoms with van der Waals surface area (Å²) in [6, 6.07) is 1.76. The predicted molar refractivity (Wildman–Crippen MR) is 119 cm³/mol. The fraction of sp³-hybridized carbons (Fsp3) is 0.955. The SMILES string of the molecule is CC(=O)N1CCC2CC(NC3CC(NC4CCCC(S(C)(=O)=O)C4)CCN3)CCC21. The average Bonchev–Trinajstić information content (AvgIpc) is 3.11. The number of hydrogen-bond acceptors (Lipinski definition) is 6. The van der Waals surface area contributed by atoms with Gasteiger partial charge in [-0.3, -0.25) is 10.1 Å². The summed E-state index contributed by atoms with van der Waals surface area (Å²) in [7, 11) is -2.94. The number of amides is 1. The molecule has 0 spiro atoms.